The zero-order valence-corrected chi connectivity index (χ0v) is 15.7. The third-order valence-electron chi connectivity index (χ3n) is 4.67. The fourth-order valence-electron chi connectivity index (χ4n) is 3.16. The fourth-order valence-corrected chi connectivity index (χ4v) is 3.16. The molecule has 2 aromatic rings. The SMILES string of the molecule is Cc1cc(CN2CCN(C(=O)CCCNC(=O)c3ccccc3)CC2)on1. The largest absolute Gasteiger partial charge is 0.360 e. The molecule has 0 atom stereocenters. The van der Waals surface area contributed by atoms with E-state index >= 15 is 0 Å². The van der Waals surface area contributed by atoms with E-state index < -0.39 is 0 Å². The highest BCUT2D eigenvalue weighted by Gasteiger charge is 2.21. The van der Waals surface area contributed by atoms with Gasteiger partial charge in [0.05, 0.1) is 12.2 Å². The van der Waals surface area contributed by atoms with E-state index in [9.17, 15) is 9.59 Å². The van der Waals surface area contributed by atoms with Crippen molar-refractivity contribution in [2.45, 2.75) is 26.3 Å². The standard InChI is InChI=1S/C20H26N4O3/c1-16-14-18(27-22-16)15-23-10-12-24(13-11-23)19(25)8-5-9-21-20(26)17-6-3-2-4-7-17/h2-4,6-7,14H,5,8-13,15H2,1H3,(H,21,26). The van der Waals surface area contributed by atoms with E-state index in [2.05, 4.69) is 15.4 Å². The number of rotatable bonds is 7. The molecule has 27 heavy (non-hydrogen) atoms. The van der Waals surface area contributed by atoms with Crippen LogP contribution in [0.2, 0.25) is 0 Å². The highest BCUT2D eigenvalue weighted by Crippen LogP contribution is 2.11. The highest BCUT2D eigenvalue weighted by atomic mass is 16.5. The summed E-state index contributed by atoms with van der Waals surface area (Å²) < 4.78 is 5.25. The lowest BCUT2D eigenvalue weighted by atomic mass is 10.2. The van der Waals surface area contributed by atoms with Crippen LogP contribution in [0, 0.1) is 6.92 Å². The van der Waals surface area contributed by atoms with Crippen molar-refractivity contribution in [3.63, 3.8) is 0 Å². The lowest BCUT2D eigenvalue weighted by Crippen LogP contribution is -2.48. The molecule has 0 saturated carbocycles. The van der Waals surface area contributed by atoms with Crippen molar-refractivity contribution in [2.24, 2.45) is 0 Å². The maximum absolute atomic E-state index is 12.3. The van der Waals surface area contributed by atoms with E-state index in [0.717, 1.165) is 44.2 Å². The van der Waals surface area contributed by atoms with Crippen LogP contribution in [0.25, 0.3) is 0 Å². The summed E-state index contributed by atoms with van der Waals surface area (Å²) >= 11 is 0. The molecule has 3 rings (SSSR count). The molecule has 2 heterocycles. The van der Waals surface area contributed by atoms with Gasteiger partial charge in [0, 0.05) is 50.8 Å². The van der Waals surface area contributed by atoms with Gasteiger partial charge in [0.2, 0.25) is 5.91 Å². The van der Waals surface area contributed by atoms with Crippen LogP contribution < -0.4 is 5.32 Å². The number of aromatic nitrogens is 1. The second-order valence-corrected chi connectivity index (χ2v) is 6.82. The molecule has 0 unspecified atom stereocenters. The van der Waals surface area contributed by atoms with E-state index in [0.29, 0.717) is 24.9 Å². The molecule has 144 valence electrons. The summed E-state index contributed by atoms with van der Waals surface area (Å²) in [4.78, 5) is 28.5. The summed E-state index contributed by atoms with van der Waals surface area (Å²) in [7, 11) is 0. The smallest absolute Gasteiger partial charge is 0.251 e. The van der Waals surface area contributed by atoms with Crippen LogP contribution in [0.4, 0.5) is 0 Å². The van der Waals surface area contributed by atoms with Crippen LogP contribution >= 0.6 is 0 Å². The first-order valence-corrected chi connectivity index (χ1v) is 9.37. The van der Waals surface area contributed by atoms with Gasteiger partial charge in [-0.3, -0.25) is 14.5 Å². The minimum absolute atomic E-state index is 0.0979. The zero-order chi connectivity index (χ0) is 19.1. The number of piperazine rings is 1. The summed E-state index contributed by atoms with van der Waals surface area (Å²) in [5.41, 5.74) is 1.53. The number of hydrogen-bond donors (Lipinski definition) is 1. The molecule has 1 aliphatic rings. The van der Waals surface area contributed by atoms with Gasteiger partial charge in [-0.2, -0.15) is 0 Å². The molecule has 0 bridgehead atoms. The lowest BCUT2D eigenvalue weighted by Gasteiger charge is -2.34. The van der Waals surface area contributed by atoms with Gasteiger partial charge >= 0.3 is 0 Å². The third-order valence-corrected chi connectivity index (χ3v) is 4.67. The van der Waals surface area contributed by atoms with Gasteiger partial charge in [0.25, 0.3) is 5.91 Å². The molecule has 7 nitrogen and oxygen atoms in total. The van der Waals surface area contributed by atoms with Gasteiger partial charge in [-0.25, -0.2) is 0 Å². The van der Waals surface area contributed by atoms with Gasteiger partial charge in [0.15, 0.2) is 5.76 Å². The van der Waals surface area contributed by atoms with Crippen molar-refractivity contribution < 1.29 is 14.1 Å². The van der Waals surface area contributed by atoms with Crippen molar-refractivity contribution in [3.05, 3.63) is 53.4 Å². The van der Waals surface area contributed by atoms with E-state index in [1.165, 1.54) is 0 Å². The van der Waals surface area contributed by atoms with Crippen molar-refractivity contribution >= 4 is 11.8 Å². The van der Waals surface area contributed by atoms with Crippen LogP contribution in [-0.2, 0) is 11.3 Å². The number of aryl methyl sites for hydroxylation is 1. The summed E-state index contributed by atoms with van der Waals surface area (Å²) in [6.45, 7) is 6.25. The van der Waals surface area contributed by atoms with Gasteiger partial charge in [-0.15, -0.1) is 0 Å². The Bertz CT molecular complexity index is 752. The Labute approximate surface area is 159 Å². The number of nitrogens with one attached hydrogen (secondary N) is 1. The number of amides is 2. The van der Waals surface area contributed by atoms with Crippen molar-refractivity contribution in [2.75, 3.05) is 32.7 Å². The Morgan fingerprint density at radius 3 is 2.56 bits per heavy atom. The number of carbonyl (C=O) groups is 2. The average molecular weight is 370 g/mol. The Morgan fingerprint density at radius 1 is 1.15 bits per heavy atom. The summed E-state index contributed by atoms with van der Waals surface area (Å²) in [5, 5.41) is 6.76. The van der Waals surface area contributed by atoms with Crippen LogP contribution in [-0.4, -0.2) is 59.5 Å². The van der Waals surface area contributed by atoms with Crippen molar-refractivity contribution in [1.82, 2.24) is 20.3 Å². The molecular formula is C20H26N4O3. The Hall–Kier alpha value is -2.67. The maximum atomic E-state index is 12.3. The summed E-state index contributed by atoms with van der Waals surface area (Å²) in [5.74, 6) is 0.917. The molecular weight excluding hydrogens is 344 g/mol. The molecule has 0 spiro atoms. The highest BCUT2D eigenvalue weighted by molar-refractivity contribution is 5.94. The van der Waals surface area contributed by atoms with Gasteiger partial charge in [-0.1, -0.05) is 23.4 Å². The molecule has 1 saturated heterocycles. The Morgan fingerprint density at radius 2 is 1.89 bits per heavy atom. The zero-order valence-electron chi connectivity index (χ0n) is 15.7. The number of hydrogen-bond acceptors (Lipinski definition) is 5. The lowest BCUT2D eigenvalue weighted by molar-refractivity contribution is -0.133. The summed E-state index contributed by atoms with van der Waals surface area (Å²) in [6, 6.07) is 11.0. The topological polar surface area (TPSA) is 78.7 Å². The molecule has 1 aromatic heterocycles. The second kappa shape index (κ2) is 9.32. The van der Waals surface area contributed by atoms with Gasteiger partial charge < -0.3 is 14.7 Å². The van der Waals surface area contributed by atoms with Crippen molar-refractivity contribution in [1.29, 1.82) is 0 Å². The summed E-state index contributed by atoms with van der Waals surface area (Å²) in [6.07, 6.45) is 1.10. The quantitative estimate of drug-likeness (QED) is 0.753. The van der Waals surface area contributed by atoms with Gasteiger partial charge in [-0.05, 0) is 25.5 Å². The molecule has 1 aromatic carbocycles. The molecule has 0 radical (unpaired) electrons. The van der Waals surface area contributed by atoms with Crippen LogP contribution in [0.1, 0.15) is 34.7 Å². The predicted octanol–water partition coefficient (Wildman–Crippen LogP) is 1.84. The molecule has 1 N–H and O–H groups in total. The van der Waals surface area contributed by atoms with Crippen LogP contribution in [0.5, 0.6) is 0 Å². The van der Waals surface area contributed by atoms with E-state index in [1.54, 1.807) is 12.1 Å². The van der Waals surface area contributed by atoms with Crippen LogP contribution in [0.3, 0.4) is 0 Å². The molecule has 1 fully saturated rings. The fraction of sp³-hybridized carbons (Fsp3) is 0.450. The number of benzene rings is 1. The number of carbonyl (C=O) groups excluding carboxylic acids is 2. The van der Waals surface area contributed by atoms with Crippen molar-refractivity contribution in [3.8, 4) is 0 Å². The minimum Gasteiger partial charge on any atom is -0.360 e. The Kier molecular flexibility index (Phi) is 6.59. The maximum Gasteiger partial charge on any atom is 0.251 e. The molecule has 0 aliphatic carbocycles. The first kappa shape index (κ1) is 19.1. The predicted molar refractivity (Wildman–Crippen MR) is 101 cm³/mol. The third kappa shape index (κ3) is 5.65. The molecule has 7 heteroatoms. The molecule has 2 amide bonds. The van der Waals surface area contributed by atoms with E-state index in [1.807, 2.05) is 36.1 Å². The molecule has 1 aliphatic heterocycles. The Balaban J connectivity index is 1.32. The number of nitrogens with zero attached hydrogens (tertiary/aromatic N) is 3. The second-order valence-electron chi connectivity index (χ2n) is 6.82. The normalized spacial score (nSPS) is 14.9. The van der Waals surface area contributed by atoms with Gasteiger partial charge in [0.1, 0.15) is 0 Å². The minimum atomic E-state index is -0.0979. The van der Waals surface area contributed by atoms with Crippen LogP contribution in [0.15, 0.2) is 40.9 Å². The first-order valence-electron chi connectivity index (χ1n) is 9.37. The van der Waals surface area contributed by atoms with E-state index in [-0.39, 0.29) is 11.8 Å². The first-order chi connectivity index (χ1) is 13.1. The monoisotopic (exact) mass is 370 g/mol. The average Bonchev–Trinajstić information content (AvgIpc) is 3.10. The van der Waals surface area contributed by atoms with E-state index in [4.69, 9.17) is 4.52 Å².